The van der Waals surface area contributed by atoms with E-state index in [0.29, 0.717) is 6.04 Å². The van der Waals surface area contributed by atoms with E-state index in [1.54, 1.807) is 0 Å². The average Bonchev–Trinajstić information content (AvgIpc) is 2.31. The summed E-state index contributed by atoms with van der Waals surface area (Å²) in [6, 6.07) is 0.443. The smallest absolute Gasteiger partial charge is 0.239 e. The van der Waals surface area contributed by atoms with Gasteiger partial charge in [-0.05, 0) is 46.7 Å². The lowest BCUT2D eigenvalue weighted by atomic mass is 10.1. The number of amides is 1. The van der Waals surface area contributed by atoms with Gasteiger partial charge in [0.05, 0.1) is 6.04 Å². The summed E-state index contributed by atoms with van der Waals surface area (Å²) >= 11 is 0. The summed E-state index contributed by atoms with van der Waals surface area (Å²) in [6.45, 7) is 9.74. The molecule has 0 aliphatic carbocycles. The molecule has 0 bridgehead atoms. The fourth-order valence-electron chi connectivity index (χ4n) is 2.22. The Morgan fingerprint density at radius 3 is 2.44 bits per heavy atom. The monoisotopic (exact) mass is 227 g/mol. The Morgan fingerprint density at radius 1 is 1.38 bits per heavy atom. The molecule has 0 aromatic rings. The van der Waals surface area contributed by atoms with Crippen molar-refractivity contribution in [2.24, 2.45) is 0 Å². The molecule has 0 spiro atoms. The molecule has 0 aromatic heterocycles. The van der Waals surface area contributed by atoms with Gasteiger partial charge < -0.3 is 15.5 Å². The van der Waals surface area contributed by atoms with Gasteiger partial charge in [0.25, 0.3) is 0 Å². The van der Waals surface area contributed by atoms with Gasteiger partial charge in [0.15, 0.2) is 0 Å². The summed E-state index contributed by atoms with van der Waals surface area (Å²) in [5.41, 5.74) is 0. The van der Waals surface area contributed by atoms with Gasteiger partial charge in [-0.25, -0.2) is 0 Å². The molecule has 1 heterocycles. The third-order valence-corrected chi connectivity index (χ3v) is 3.27. The summed E-state index contributed by atoms with van der Waals surface area (Å²) in [6.07, 6.45) is 2.24. The Hall–Kier alpha value is -0.610. The van der Waals surface area contributed by atoms with Gasteiger partial charge >= 0.3 is 0 Å². The lowest BCUT2D eigenvalue weighted by Gasteiger charge is -2.29. The summed E-state index contributed by atoms with van der Waals surface area (Å²) in [5.74, 6) is 0.225. The van der Waals surface area contributed by atoms with E-state index in [9.17, 15) is 4.79 Å². The molecule has 1 fully saturated rings. The molecule has 4 nitrogen and oxygen atoms in total. The number of piperidine rings is 1. The quantitative estimate of drug-likeness (QED) is 0.722. The molecule has 0 saturated carbocycles. The van der Waals surface area contributed by atoms with E-state index in [2.05, 4.69) is 10.6 Å². The molecule has 94 valence electrons. The minimum absolute atomic E-state index is 0.0528. The number of nitrogens with one attached hydrogen (secondary N) is 2. The van der Waals surface area contributed by atoms with Gasteiger partial charge in [0.1, 0.15) is 0 Å². The van der Waals surface area contributed by atoms with Gasteiger partial charge in [-0.1, -0.05) is 0 Å². The van der Waals surface area contributed by atoms with Crippen LogP contribution < -0.4 is 10.6 Å². The molecule has 1 amide bonds. The van der Waals surface area contributed by atoms with E-state index in [0.717, 1.165) is 39.0 Å². The topological polar surface area (TPSA) is 44.4 Å². The van der Waals surface area contributed by atoms with Crippen molar-refractivity contribution in [3.8, 4) is 0 Å². The molecule has 1 aliphatic rings. The summed E-state index contributed by atoms with van der Waals surface area (Å²) in [5, 5.41) is 6.76. The molecule has 16 heavy (non-hydrogen) atoms. The predicted molar refractivity (Wildman–Crippen MR) is 66.4 cm³/mol. The van der Waals surface area contributed by atoms with Gasteiger partial charge in [0.2, 0.25) is 5.91 Å². The van der Waals surface area contributed by atoms with Crippen LogP contribution in [0.3, 0.4) is 0 Å². The highest BCUT2D eigenvalue weighted by molar-refractivity contribution is 5.81. The Morgan fingerprint density at radius 2 is 1.94 bits per heavy atom. The van der Waals surface area contributed by atoms with Crippen LogP contribution in [0.25, 0.3) is 0 Å². The molecular weight excluding hydrogens is 202 g/mol. The van der Waals surface area contributed by atoms with Crippen LogP contribution in [-0.4, -0.2) is 49.1 Å². The van der Waals surface area contributed by atoms with Crippen molar-refractivity contribution in [1.29, 1.82) is 0 Å². The second kappa shape index (κ2) is 6.86. The fraction of sp³-hybridized carbons (Fsp3) is 0.917. The molecule has 2 N–H and O–H groups in total. The van der Waals surface area contributed by atoms with Crippen LogP contribution in [0.1, 0.15) is 33.6 Å². The summed E-state index contributed by atoms with van der Waals surface area (Å²) in [4.78, 5) is 13.9. The van der Waals surface area contributed by atoms with Gasteiger partial charge in [-0.3, -0.25) is 4.79 Å². The normalized spacial score (nSPS) is 19.4. The molecule has 1 unspecified atom stereocenters. The first-order chi connectivity index (χ1) is 7.69. The van der Waals surface area contributed by atoms with E-state index < -0.39 is 0 Å². The van der Waals surface area contributed by atoms with E-state index in [1.165, 1.54) is 0 Å². The minimum Gasteiger partial charge on any atom is -0.342 e. The molecule has 0 aromatic carbocycles. The first-order valence-electron chi connectivity index (χ1n) is 6.44. The molecule has 1 rings (SSSR count). The number of hydrogen-bond donors (Lipinski definition) is 2. The van der Waals surface area contributed by atoms with E-state index in [-0.39, 0.29) is 11.9 Å². The van der Waals surface area contributed by atoms with Crippen molar-refractivity contribution in [3.63, 3.8) is 0 Å². The van der Waals surface area contributed by atoms with Crippen molar-refractivity contribution in [2.75, 3.05) is 26.2 Å². The summed E-state index contributed by atoms with van der Waals surface area (Å²) in [7, 11) is 0. The number of carbonyl (C=O) groups is 1. The van der Waals surface area contributed by atoms with Gasteiger partial charge in [0, 0.05) is 19.1 Å². The zero-order chi connectivity index (χ0) is 12.0. The first kappa shape index (κ1) is 13.5. The molecule has 1 aliphatic heterocycles. The van der Waals surface area contributed by atoms with Crippen molar-refractivity contribution in [2.45, 2.75) is 45.7 Å². The standard InChI is InChI=1S/C12H25N3O/c1-4-15(5-2)12(16)10(3)14-11-6-8-13-9-7-11/h10-11,13-14H,4-9H2,1-3H3. The summed E-state index contributed by atoms with van der Waals surface area (Å²) < 4.78 is 0. The molecule has 0 radical (unpaired) electrons. The number of hydrogen-bond acceptors (Lipinski definition) is 3. The van der Waals surface area contributed by atoms with E-state index in [4.69, 9.17) is 0 Å². The van der Waals surface area contributed by atoms with Crippen LogP contribution in [0.4, 0.5) is 0 Å². The largest absolute Gasteiger partial charge is 0.342 e. The van der Waals surface area contributed by atoms with Gasteiger partial charge in [-0.2, -0.15) is 0 Å². The second-order valence-electron chi connectivity index (χ2n) is 4.42. The first-order valence-corrected chi connectivity index (χ1v) is 6.44. The highest BCUT2D eigenvalue weighted by Gasteiger charge is 2.22. The maximum absolute atomic E-state index is 12.0. The van der Waals surface area contributed by atoms with Gasteiger partial charge in [-0.15, -0.1) is 0 Å². The molecule has 1 saturated heterocycles. The van der Waals surface area contributed by atoms with Crippen LogP contribution >= 0.6 is 0 Å². The third kappa shape index (κ3) is 3.76. The second-order valence-corrected chi connectivity index (χ2v) is 4.42. The number of rotatable bonds is 5. The van der Waals surface area contributed by atoms with Crippen LogP contribution in [0.2, 0.25) is 0 Å². The van der Waals surface area contributed by atoms with Crippen LogP contribution in [-0.2, 0) is 4.79 Å². The molecule has 4 heteroatoms. The number of likely N-dealkylation sites (N-methyl/N-ethyl adjacent to an activating group) is 1. The Kier molecular flexibility index (Phi) is 5.77. The van der Waals surface area contributed by atoms with Crippen LogP contribution in [0, 0.1) is 0 Å². The lowest BCUT2D eigenvalue weighted by Crippen LogP contribution is -2.50. The number of nitrogens with zero attached hydrogens (tertiary/aromatic N) is 1. The van der Waals surface area contributed by atoms with Crippen molar-refractivity contribution >= 4 is 5.91 Å². The average molecular weight is 227 g/mol. The van der Waals surface area contributed by atoms with Crippen LogP contribution in [0.15, 0.2) is 0 Å². The van der Waals surface area contributed by atoms with E-state index >= 15 is 0 Å². The van der Waals surface area contributed by atoms with Crippen molar-refractivity contribution < 1.29 is 4.79 Å². The maximum atomic E-state index is 12.0. The third-order valence-electron chi connectivity index (χ3n) is 3.27. The highest BCUT2D eigenvalue weighted by atomic mass is 16.2. The predicted octanol–water partition coefficient (Wildman–Crippen LogP) is 0.585. The van der Waals surface area contributed by atoms with E-state index in [1.807, 2.05) is 25.7 Å². The fourth-order valence-corrected chi connectivity index (χ4v) is 2.22. The SMILES string of the molecule is CCN(CC)C(=O)C(C)NC1CCNCC1. The van der Waals surface area contributed by atoms with Crippen molar-refractivity contribution in [1.82, 2.24) is 15.5 Å². The molecular formula is C12H25N3O. The Balaban J connectivity index is 2.37. The zero-order valence-corrected chi connectivity index (χ0v) is 10.8. The molecule has 1 atom stereocenters. The lowest BCUT2D eigenvalue weighted by molar-refractivity contribution is -0.132. The number of carbonyl (C=O) groups excluding carboxylic acids is 1. The maximum Gasteiger partial charge on any atom is 0.239 e. The Labute approximate surface area is 98.8 Å². The zero-order valence-electron chi connectivity index (χ0n) is 10.8. The highest BCUT2D eigenvalue weighted by Crippen LogP contribution is 2.04. The van der Waals surface area contributed by atoms with Crippen LogP contribution in [0.5, 0.6) is 0 Å². The minimum atomic E-state index is -0.0528. The van der Waals surface area contributed by atoms with Crippen molar-refractivity contribution in [3.05, 3.63) is 0 Å². The Bertz CT molecular complexity index is 210.